The molecule has 0 bridgehead atoms. The maximum atomic E-state index is 12.7. The van der Waals surface area contributed by atoms with Gasteiger partial charge in [0.25, 0.3) is 11.8 Å². The monoisotopic (exact) mass is 396 g/mol. The molecule has 8 heteroatoms. The molecule has 2 aliphatic rings. The summed E-state index contributed by atoms with van der Waals surface area (Å²) in [5.41, 5.74) is 1.14. The Morgan fingerprint density at radius 3 is 2.62 bits per heavy atom. The van der Waals surface area contributed by atoms with Crippen molar-refractivity contribution in [2.75, 3.05) is 24.0 Å². The van der Waals surface area contributed by atoms with E-state index in [1.165, 1.54) is 0 Å². The van der Waals surface area contributed by atoms with Crippen LogP contribution in [0.4, 0.5) is 11.4 Å². The first-order valence-corrected chi connectivity index (χ1v) is 9.28. The van der Waals surface area contributed by atoms with Crippen molar-refractivity contribution in [2.24, 2.45) is 11.8 Å². The van der Waals surface area contributed by atoms with Crippen LogP contribution in [0.1, 0.15) is 23.7 Å². The number of para-hydroxylation sites is 1. The Kier molecular flexibility index (Phi) is 5.07. The SMILES string of the molecule is C[C@H]1C[C@@H]1C(=O)OCC(=O)Nc1ccccc1C(=O)Nc1ccc2c(c1)OCO2. The second-order valence-electron chi connectivity index (χ2n) is 7.04. The van der Waals surface area contributed by atoms with E-state index < -0.39 is 11.8 Å². The van der Waals surface area contributed by atoms with Gasteiger partial charge in [-0.3, -0.25) is 14.4 Å². The van der Waals surface area contributed by atoms with Crippen LogP contribution in [-0.2, 0) is 14.3 Å². The lowest BCUT2D eigenvalue weighted by atomic mass is 10.1. The third-order valence-corrected chi connectivity index (χ3v) is 4.83. The molecule has 0 unspecified atom stereocenters. The van der Waals surface area contributed by atoms with E-state index in [9.17, 15) is 14.4 Å². The maximum absolute atomic E-state index is 12.7. The van der Waals surface area contributed by atoms with Gasteiger partial charge < -0.3 is 24.8 Å². The maximum Gasteiger partial charge on any atom is 0.309 e. The standard InChI is InChI=1S/C21H20N2O6/c1-12-8-15(12)21(26)27-10-19(24)23-16-5-3-2-4-14(16)20(25)22-13-6-7-17-18(9-13)29-11-28-17/h2-7,9,12,15H,8,10-11H2,1H3,(H,22,25)(H,23,24)/t12-,15-/m0/s1. The van der Waals surface area contributed by atoms with E-state index in [0.29, 0.717) is 28.8 Å². The molecule has 150 valence electrons. The average molecular weight is 396 g/mol. The van der Waals surface area contributed by atoms with Gasteiger partial charge in [-0.15, -0.1) is 0 Å². The molecule has 1 saturated carbocycles. The lowest BCUT2D eigenvalue weighted by Crippen LogP contribution is -2.23. The smallest absolute Gasteiger partial charge is 0.309 e. The van der Waals surface area contributed by atoms with Crippen LogP contribution >= 0.6 is 0 Å². The lowest BCUT2D eigenvalue weighted by Gasteiger charge is -2.12. The Labute approximate surface area is 167 Å². The van der Waals surface area contributed by atoms with Gasteiger partial charge in [-0.2, -0.15) is 0 Å². The zero-order valence-electron chi connectivity index (χ0n) is 15.8. The van der Waals surface area contributed by atoms with Crippen LogP contribution in [0.25, 0.3) is 0 Å². The van der Waals surface area contributed by atoms with Gasteiger partial charge in [-0.1, -0.05) is 19.1 Å². The van der Waals surface area contributed by atoms with Gasteiger partial charge in [0.1, 0.15) is 0 Å². The first-order chi connectivity index (χ1) is 14.0. The van der Waals surface area contributed by atoms with Crippen molar-refractivity contribution in [1.82, 2.24) is 0 Å². The number of amides is 2. The highest BCUT2D eigenvalue weighted by Gasteiger charge is 2.40. The molecule has 1 aliphatic heterocycles. The summed E-state index contributed by atoms with van der Waals surface area (Å²) in [6.07, 6.45) is 0.795. The van der Waals surface area contributed by atoms with Crippen molar-refractivity contribution < 1.29 is 28.6 Å². The molecule has 0 radical (unpaired) electrons. The third kappa shape index (κ3) is 4.31. The number of anilines is 2. The summed E-state index contributed by atoms with van der Waals surface area (Å²) in [6, 6.07) is 11.7. The highest BCUT2D eigenvalue weighted by Crippen LogP contribution is 2.38. The van der Waals surface area contributed by atoms with Crippen molar-refractivity contribution >= 4 is 29.2 Å². The van der Waals surface area contributed by atoms with Crippen molar-refractivity contribution in [3.05, 3.63) is 48.0 Å². The summed E-state index contributed by atoms with van der Waals surface area (Å²) in [6.45, 7) is 1.72. The van der Waals surface area contributed by atoms with E-state index in [1.54, 1.807) is 42.5 Å². The van der Waals surface area contributed by atoms with Gasteiger partial charge in [0, 0.05) is 11.8 Å². The molecule has 2 atom stereocenters. The normalized spacial score (nSPS) is 18.7. The predicted molar refractivity (Wildman–Crippen MR) is 104 cm³/mol. The molecule has 2 N–H and O–H groups in total. The minimum atomic E-state index is -0.505. The van der Waals surface area contributed by atoms with Crippen LogP contribution in [0, 0.1) is 11.8 Å². The van der Waals surface area contributed by atoms with E-state index in [4.69, 9.17) is 14.2 Å². The van der Waals surface area contributed by atoms with Crippen molar-refractivity contribution in [1.29, 1.82) is 0 Å². The predicted octanol–water partition coefficient (Wildman–Crippen LogP) is 2.81. The second kappa shape index (κ2) is 7.83. The Morgan fingerprint density at radius 1 is 1.07 bits per heavy atom. The second-order valence-corrected chi connectivity index (χ2v) is 7.04. The largest absolute Gasteiger partial charge is 0.455 e. The van der Waals surface area contributed by atoms with Crippen LogP contribution in [0.5, 0.6) is 11.5 Å². The van der Waals surface area contributed by atoms with E-state index >= 15 is 0 Å². The number of fused-ring (bicyclic) bond motifs is 1. The van der Waals surface area contributed by atoms with Crippen LogP contribution in [0.3, 0.4) is 0 Å². The minimum Gasteiger partial charge on any atom is -0.455 e. The zero-order valence-corrected chi connectivity index (χ0v) is 15.8. The molecule has 0 aromatic heterocycles. The molecular weight excluding hydrogens is 376 g/mol. The first-order valence-electron chi connectivity index (χ1n) is 9.28. The molecule has 1 aliphatic carbocycles. The molecular formula is C21H20N2O6. The molecule has 29 heavy (non-hydrogen) atoms. The highest BCUT2D eigenvalue weighted by molar-refractivity contribution is 6.10. The van der Waals surface area contributed by atoms with Crippen molar-refractivity contribution in [2.45, 2.75) is 13.3 Å². The van der Waals surface area contributed by atoms with Gasteiger partial charge in [-0.05, 0) is 36.6 Å². The third-order valence-electron chi connectivity index (χ3n) is 4.83. The first kappa shape index (κ1) is 18.8. The van der Waals surface area contributed by atoms with E-state index in [1.807, 2.05) is 6.92 Å². The van der Waals surface area contributed by atoms with E-state index in [2.05, 4.69) is 10.6 Å². The Bertz CT molecular complexity index is 973. The molecule has 0 spiro atoms. The quantitative estimate of drug-likeness (QED) is 0.728. The number of hydrogen-bond donors (Lipinski definition) is 2. The molecule has 2 aromatic carbocycles. The summed E-state index contributed by atoms with van der Waals surface area (Å²) in [5, 5.41) is 5.39. The number of benzene rings is 2. The summed E-state index contributed by atoms with van der Waals surface area (Å²) < 4.78 is 15.6. The highest BCUT2D eigenvalue weighted by atomic mass is 16.7. The summed E-state index contributed by atoms with van der Waals surface area (Å²) >= 11 is 0. The van der Waals surface area contributed by atoms with Gasteiger partial charge in [0.05, 0.1) is 17.2 Å². The number of esters is 1. The minimum absolute atomic E-state index is 0.109. The van der Waals surface area contributed by atoms with Crippen LogP contribution in [-0.4, -0.2) is 31.2 Å². The summed E-state index contributed by atoms with van der Waals surface area (Å²) in [7, 11) is 0. The molecule has 0 saturated heterocycles. The topological polar surface area (TPSA) is 103 Å². The fourth-order valence-electron chi connectivity index (χ4n) is 3.04. The van der Waals surface area contributed by atoms with Gasteiger partial charge in [-0.25, -0.2) is 0 Å². The number of nitrogens with one attached hydrogen (secondary N) is 2. The van der Waals surface area contributed by atoms with Gasteiger partial charge in [0.2, 0.25) is 6.79 Å². The summed E-state index contributed by atoms with van der Waals surface area (Å²) in [4.78, 5) is 36.6. The number of carbonyl (C=O) groups is 3. The molecule has 2 aromatic rings. The Hall–Kier alpha value is -3.55. The average Bonchev–Trinajstić information content (AvgIpc) is 3.26. The Balaban J connectivity index is 1.38. The zero-order chi connectivity index (χ0) is 20.4. The number of carbonyl (C=O) groups excluding carboxylic acids is 3. The molecule has 8 nitrogen and oxygen atoms in total. The number of hydrogen-bond acceptors (Lipinski definition) is 6. The Morgan fingerprint density at radius 2 is 1.83 bits per heavy atom. The van der Waals surface area contributed by atoms with Gasteiger partial charge >= 0.3 is 5.97 Å². The number of ether oxygens (including phenoxy) is 3. The molecule has 4 rings (SSSR count). The van der Waals surface area contributed by atoms with Crippen molar-refractivity contribution in [3.63, 3.8) is 0 Å². The molecule has 1 heterocycles. The van der Waals surface area contributed by atoms with Crippen LogP contribution in [0.2, 0.25) is 0 Å². The lowest BCUT2D eigenvalue weighted by molar-refractivity contribution is -0.148. The van der Waals surface area contributed by atoms with E-state index in [0.717, 1.165) is 6.42 Å². The summed E-state index contributed by atoms with van der Waals surface area (Å²) in [5.74, 6) is 0.107. The van der Waals surface area contributed by atoms with Gasteiger partial charge in [0.15, 0.2) is 18.1 Å². The van der Waals surface area contributed by atoms with Crippen LogP contribution < -0.4 is 20.1 Å². The fraction of sp³-hybridized carbons (Fsp3) is 0.286. The molecule has 1 fully saturated rings. The van der Waals surface area contributed by atoms with E-state index in [-0.39, 0.29) is 30.9 Å². The van der Waals surface area contributed by atoms with Crippen LogP contribution in [0.15, 0.2) is 42.5 Å². The number of rotatable bonds is 6. The fourth-order valence-corrected chi connectivity index (χ4v) is 3.04. The van der Waals surface area contributed by atoms with Crippen molar-refractivity contribution in [3.8, 4) is 11.5 Å². The molecule has 2 amide bonds.